The fourth-order valence-corrected chi connectivity index (χ4v) is 3.73. The Morgan fingerprint density at radius 2 is 1.80 bits per heavy atom. The molecule has 0 spiro atoms. The first-order valence-corrected chi connectivity index (χ1v) is 10.1. The van der Waals surface area contributed by atoms with Gasteiger partial charge in [0, 0.05) is 54.8 Å². The number of aromatic amines is 1. The van der Waals surface area contributed by atoms with Gasteiger partial charge < -0.3 is 19.7 Å². The van der Waals surface area contributed by atoms with E-state index in [0.29, 0.717) is 29.7 Å². The number of H-pyrrole nitrogens is 1. The highest BCUT2D eigenvalue weighted by atomic mass is 35.5. The van der Waals surface area contributed by atoms with Crippen LogP contribution < -0.4 is 4.74 Å². The Kier molecular flexibility index (Phi) is 5.92. The number of carboxylic acid groups (broad SMARTS) is 1. The lowest BCUT2D eigenvalue weighted by Gasteiger charge is -2.34. The van der Waals surface area contributed by atoms with Gasteiger partial charge in [0.2, 0.25) is 0 Å². The Morgan fingerprint density at radius 3 is 2.50 bits per heavy atom. The van der Waals surface area contributed by atoms with E-state index in [-0.39, 0.29) is 18.1 Å². The van der Waals surface area contributed by atoms with Crippen molar-refractivity contribution in [3.05, 3.63) is 64.8 Å². The summed E-state index contributed by atoms with van der Waals surface area (Å²) < 4.78 is 5.64. The summed E-state index contributed by atoms with van der Waals surface area (Å²) >= 11 is 5.93. The molecule has 4 rings (SSSR count). The Bertz CT molecular complexity index is 1060. The maximum absolute atomic E-state index is 12.5. The van der Waals surface area contributed by atoms with Crippen LogP contribution in [0, 0.1) is 0 Å². The van der Waals surface area contributed by atoms with Crippen LogP contribution in [0.4, 0.5) is 0 Å². The number of halogens is 1. The van der Waals surface area contributed by atoms with Gasteiger partial charge in [-0.2, -0.15) is 0 Å². The average Bonchev–Trinajstić information content (AvgIpc) is 3.18. The Morgan fingerprint density at radius 1 is 1.07 bits per heavy atom. The van der Waals surface area contributed by atoms with Gasteiger partial charge in [0.1, 0.15) is 5.75 Å². The summed E-state index contributed by atoms with van der Waals surface area (Å²) in [5.74, 6) is -0.612. The van der Waals surface area contributed by atoms with E-state index in [4.69, 9.17) is 16.3 Å². The molecule has 2 N–H and O–H groups in total. The van der Waals surface area contributed by atoms with Gasteiger partial charge in [-0.3, -0.25) is 9.69 Å². The Hall–Kier alpha value is -3.03. The number of carbonyl (C=O) groups is 2. The second-order valence-corrected chi connectivity index (χ2v) is 7.72. The largest absolute Gasteiger partial charge is 0.484 e. The fourth-order valence-electron chi connectivity index (χ4n) is 3.61. The number of carboxylic acids is 1. The first kappa shape index (κ1) is 20.3. The molecule has 0 bridgehead atoms. The molecule has 0 atom stereocenters. The summed E-state index contributed by atoms with van der Waals surface area (Å²) in [5.41, 5.74) is 2.09. The minimum Gasteiger partial charge on any atom is -0.484 e. The van der Waals surface area contributed by atoms with Crippen molar-refractivity contribution in [3.63, 3.8) is 0 Å². The molecule has 7 nitrogen and oxygen atoms in total. The van der Waals surface area contributed by atoms with Crippen LogP contribution in [0.5, 0.6) is 5.75 Å². The molecule has 0 saturated carbocycles. The van der Waals surface area contributed by atoms with Crippen LogP contribution in [-0.2, 0) is 11.3 Å². The Balaban J connectivity index is 1.29. The predicted molar refractivity (Wildman–Crippen MR) is 114 cm³/mol. The van der Waals surface area contributed by atoms with E-state index >= 15 is 0 Å². The number of ether oxygens (including phenoxy) is 1. The van der Waals surface area contributed by atoms with E-state index < -0.39 is 5.97 Å². The third-order valence-corrected chi connectivity index (χ3v) is 5.54. The lowest BCUT2D eigenvalue weighted by Crippen LogP contribution is -2.49. The molecule has 1 fully saturated rings. The number of hydrogen-bond donors (Lipinski definition) is 2. The molecule has 8 heteroatoms. The summed E-state index contributed by atoms with van der Waals surface area (Å²) in [7, 11) is 0. The number of aromatic carboxylic acids is 1. The molecule has 2 aromatic carbocycles. The molecule has 1 aliphatic heterocycles. The zero-order chi connectivity index (χ0) is 21.1. The van der Waals surface area contributed by atoms with Gasteiger partial charge in [-0.15, -0.1) is 0 Å². The number of piperazine rings is 1. The van der Waals surface area contributed by atoms with E-state index in [1.807, 2.05) is 24.3 Å². The average molecular weight is 428 g/mol. The molecule has 156 valence electrons. The molecular weight excluding hydrogens is 406 g/mol. The summed E-state index contributed by atoms with van der Waals surface area (Å²) in [6.07, 6.45) is 1.45. The molecule has 30 heavy (non-hydrogen) atoms. The number of amides is 1. The summed E-state index contributed by atoms with van der Waals surface area (Å²) in [6, 6.07) is 12.9. The number of nitrogens with zero attached hydrogens (tertiary/aromatic N) is 2. The van der Waals surface area contributed by atoms with Crippen molar-refractivity contribution in [2.75, 3.05) is 32.8 Å². The number of fused-ring (bicyclic) bond motifs is 1. The van der Waals surface area contributed by atoms with Gasteiger partial charge in [0.25, 0.3) is 5.91 Å². The fraction of sp³-hybridized carbons (Fsp3) is 0.273. The van der Waals surface area contributed by atoms with Crippen LogP contribution in [0.1, 0.15) is 15.9 Å². The SMILES string of the molecule is O=C(O)c1c[nH]c2ccc(OCC(=O)N3CCN(Cc4ccc(Cl)cc4)CC3)cc12. The zero-order valence-electron chi connectivity index (χ0n) is 16.3. The first-order chi connectivity index (χ1) is 14.5. The quantitative estimate of drug-likeness (QED) is 0.630. The second-order valence-electron chi connectivity index (χ2n) is 7.29. The first-order valence-electron chi connectivity index (χ1n) is 9.71. The number of rotatable bonds is 6. The minimum absolute atomic E-state index is 0.0739. The highest BCUT2D eigenvalue weighted by Gasteiger charge is 2.21. The van der Waals surface area contributed by atoms with Crippen molar-refractivity contribution >= 4 is 34.4 Å². The van der Waals surface area contributed by atoms with Crippen molar-refractivity contribution in [1.82, 2.24) is 14.8 Å². The minimum atomic E-state index is -1.01. The van der Waals surface area contributed by atoms with Crippen molar-refractivity contribution in [2.24, 2.45) is 0 Å². The molecule has 0 radical (unpaired) electrons. The molecule has 2 heterocycles. The predicted octanol–water partition coefficient (Wildman–Crippen LogP) is 3.24. The monoisotopic (exact) mass is 427 g/mol. The van der Waals surface area contributed by atoms with Crippen molar-refractivity contribution in [1.29, 1.82) is 0 Å². The van der Waals surface area contributed by atoms with E-state index in [0.717, 1.165) is 24.7 Å². The van der Waals surface area contributed by atoms with Crippen molar-refractivity contribution in [2.45, 2.75) is 6.54 Å². The van der Waals surface area contributed by atoms with Crippen LogP contribution in [-0.4, -0.2) is 64.6 Å². The molecule has 1 aromatic heterocycles. The third-order valence-electron chi connectivity index (χ3n) is 5.29. The van der Waals surface area contributed by atoms with E-state index in [2.05, 4.69) is 9.88 Å². The zero-order valence-corrected chi connectivity index (χ0v) is 17.1. The maximum Gasteiger partial charge on any atom is 0.337 e. The molecule has 0 unspecified atom stereocenters. The van der Waals surface area contributed by atoms with E-state index in [1.54, 1.807) is 23.1 Å². The lowest BCUT2D eigenvalue weighted by molar-refractivity contribution is -0.135. The number of benzene rings is 2. The van der Waals surface area contributed by atoms with Crippen LogP contribution in [0.3, 0.4) is 0 Å². The molecule has 1 aliphatic rings. The Labute approximate surface area is 178 Å². The highest BCUT2D eigenvalue weighted by molar-refractivity contribution is 6.30. The van der Waals surface area contributed by atoms with E-state index in [9.17, 15) is 14.7 Å². The maximum atomic E-state index is 12.5. The summed E-state index contributed by atoms with van der Waals surface area (Å²) in [4.78, 5) is 30.8. The number of hydrogen-bond acceptors (Lipinski definition) is 4. The standard InChI is InChI=1S/C22H22ClN3O4/c23-16-3-1-15(2-4-16)13-25-7-9-26(10-8-25)21(27)14-30-17-5-6-20-18(11-17)19(12-24-20)22(28)29/h1-6,11-12,24H,7-10,13-14H2,(H,28,29). The molecular formula is C22H22ClN3O4. The van der Waals surface area contributed by atoms with Crippen molar-refractivity contribution < 1.29 is 19.4 Å². The summed E-state index contributed by atoms with van der Waals surface area (Å²) in [6.45, 7) is 3.65. The van der Waals surface area contributed by atoms with E-state index in [1.165, 1.54) is 11.8 Å². The van der Waals surface area contributed by atoms with Gasteiger partial charge in [0.15, 0.2) is 6.61 Å². The molecule has 3 aromatic rings. The lowest BCUT2D eigenvalue weighted by atomic mass is 10.1. The number of nitrogens with one attached hydrogen (secondary N) is 1. The molecule has 1 amide bonds. The van der Waals surface area contributed by atoms with Crippen LogP contribution in [0.15, 0.2) is 48.7 Å². The molecule has 1 saturated heterocycles. The van der Waals surface area contributed by atoms with Gasteiger partial charge in [-0.05, 0) is 35.9 Å². The van der Waals surface area contributed by atoms with Gasteiger partial charge in [-0.25, -0.2) is 4.79 Å². The normalized spacial score (nSPS) is 14.8. The van der Waals surface area contributed by atoms with Crippen LogP contribution in [0.2, 0.25) is 5.02 Å². The third kappa shape index (κ3) is 4.58. The number of carbonyl (C=O) groups excluding carboxylic acids is 1. The van der Waals surface area contributed by atoms with Gasteiger partial charge in [-0.1, -0.05) is 23.7 Å². The topological polar surface area (TPSA) is 85.9 Å². The van der Waals surface area contributed by atoms with Crippen LogP contribution >= 0.6 is 11.6 Å². The second kappa shape index (κ2) is 8.77. The smallest absolute Gasteiger partial charge is 0.337 e. The van der Waals surface area contributed by atoms with Gasteiger partial charge >= 0.3 is 5.97 Å². The summed E-state index contributed by atoms with van der Waals surface area (Å²) in [5, 5.41) is 10.5. The highest BCUT2D eigenvalue weighted by Crippen LogP contribution is 2.24. The molecule has 0 aliphatic carbocycles. The van der Waals surface area contributed by atoms with Gasteiger partial charge in [0.05, 0.1) is 5.56 Å². The van der Waals surface area contributed by atoms with Crippen molar-refractivity contribution in [3.8, 4) is 5.75 Å². The van der Waals surface area contributed by atoms with Crippen LogP contribution in [0.25, 0.3) is 10.9 Å². The number of aromatic nitrogens is 1.